The summed E-state index contributed by atoms with van der Waals surface area (Å²) in [5, 5.41) is 8.82. The molecule has 0 fully saturated rings. The van der Waals surface area contributed by atoms with Crippen molar-refractivity contribution in [2.75, 3.05) is 0 Å². The normalized spacial score (nSPS) is 11.5. The number of aromatic carboxylic acids is 1. The summed E-state index contributed by atoms with van der Waals surface area (Å²) >= 11 is 9.41. The van der Waals surface area contributed by atoms with Crippen molar-refractivity contribution in [1.29, 1.82) is 0 Å². The number of hydrogen-bond donors (Lipinski definition) is 2. The van der Waals surface area contributed by atoms with Crippen molar-refractivity contribution in [2.24, 2.45) is 0 Å². The second-order valence-corrected chi connectivity index (χ2v) is 9.45. The maximum atomic E-state index is 11.4. The van der Waals surface area contributed by atoms with Crippen LogP contribution in [0.15, 0.2) is 4.79 Å². The lowest BCUT2D eigenvalue weighted by Crippen LogP contribution is -2.23. The van der Waals surface area contributed by atoms with Crippen molar-refractivity contribution in [3.05, 3.63) is 27.4 Å². The van der Waals surface area contributed by atoms with Gasteiger partial charge in [-0.3, -0.25) is 4.79 Å². The molecule has 0 unspecified atom stereocenters. The molecule has 1 aromatic rings. The van der Waals surface area contributed by atoms with Crippen LogP contribution in [0.1, 0.15) is 21.9 Å². The van der Waals surface area contributed by atoms with E-state index in [0.717, 1.165) is 0 Å². The van der Waals surface area contributed by atoms with Gasteiger partial charge >= 0.3 is 5.97 Å². The zero-order valence-electron chi connectivity index (χ0n) is 7.34. The highest BCUT2D eigenvalue weighted by molar-refractivity contribution is 9.38. The number of halogens is 3. The Labute approximate surface area is 110 Å². The van der Waals surface area contributed by atoms with Crippen molar-refractivity contribution < 1.29 is 9.90 Å². The molecule has 0 aliphatic carbocycles. The summed E-state index contributed by atoms with van der Waals surface area (Å²) in [4.78, 5) is 28.4. The zero-order valence-corrected chi connectivity index (χ0v) is 12.1. The number of aromatic nitrogens is 2. The standard InChI is InChI=1S/C7H5Br3N2O3/c1-2-3(5(14)15)11-6(7(8,9)10)12-4(2)13/h1H3,(H,14,15)(H,11,12,13). The number of rotatable bonds is 1. The molecule has 1 heterocycles. The Morgan fingerprint density at radius 1 is 1.47 bits per heavy atom. The first-order chi connectivity index (χ1) is 6.73. The highest BCUT2D eigenvalue weighted by atomic mass is 80.0. The van der Waals surface area contributed by atoms with E-state index in [-0.39, 0.29) is 17.1 Å². The number of nitrogens with one attached hydrogen (secondary N) is 1. The maximum Gasteiger partial charge on any atom is 0.355 e. The van der Waals surface area contributed by atoms with Gasteiger partial charge in [0.1, 0.15) is 5.82 Å². The third-order valence-corrected chi connectivity index (χ3v) is 2.75. The van der Waals surface area contributed by atoms with E-state index in [9.17, 15) is 9.59 Å². The minimum absolute atomic E-state index is 0.0722. The number of carbonyl (C=O) groups is 1. The number of carboxylic acids is 1. The Morgan fingerprint density at radius 2 is 2.00 bits per heavy atom. The molecule has 1 rings (SSSR count). The van der Waals surface area contributed by atoms with Gasteiger partial charge in [0, 0.05) is 5.56 Å². The van der Waals surface area contributed by atoms with Crippen LogP contribution in [0.5, 0.6) is 0 Å². The van der Waals surface area contributed by atoms with Crippen LogP contribution in [0.4, 0.5) is 0 Å². The summed E-state index contributed by atoms with van der Waals surface area (Å²) < 4.78 is -0.940. The molecule has 0 aromatic carbocycles. The average molecular weight is 405 g/mol. The van der Waals surface area contributed by atoms with Crippen LogP contribution in [0.2, 0.25) is 0 Å². The molecule has 5 nitrogen and oxygen atoms in total. The average Bonchev–Trinajstić information content (AvgIpc) is 2.06. The summed E-state index contributed by atoms with van der Waals surface area (Å²) in [6, 6.07) is 0. The Bertz CT molecular complexity index is 464. The van der Waals surface area contributed by atoms with Gasteiger partial charge in [-0.2, -0.15) is 0 Å². The minimum Gasteiger partial charge on any atom is -0.476 e. The maximum absolute atomic E-state index is 11.4. The predicted octanol–water partition coefficient (Wildman–Crippen LogP) is 2.07. The molecule has 0 aliphatic rings. The van der Waals surface area contributed by atoms with Crippen molar-refractivity contribution >= 4 is 53.8 Å². The molecule has 0 spiro atoms. The van der Waals surface area contributed by atoms with E-state index in [1.54, 1.807) is 0 Å². The lowest BCUT2D eigenvalue weighted by atomic mass is 10.2. The minimum atomic E-state index is -1.24. The number of hydrogen-bond acceptors (Lipinski definition) is 3. The van der Waals surface area contributed by atoms with E-state index in [1.807, 2.05) is 0 Å². The Kier molecular flexibility index (Phi) is 3.72. The molecule has 0 amide bonds. The summed E-state index contributed by atoms with van der Waals surface area (Å²) in [6.07, 6.45) is 0. The van der Waals surface area contributed by atoms with E-state index in [4.69, 9.17) is 5.11 Å². The first kappa shape index (κ1) is 12.9. The molecular weight excluding hydrogens is 400 g/mol. The van der Waals surface area contributed by atoms with Gasteiger partial charge in [-0.25, -0.2) is 9.78 Å². The van der Waals surface area contributed by atoms with Gasteiger partial charge in [0.2, 0.25) is 0 Å². The van der Waals surface area contributed by atoms with Gasteiger partial charge in [-0.1, -0.05) is 47.8 Å². The van der Waals surface area contributed by atoms with Crippen LogP contribution in [-0.4, -0.2) is 21.0 Å². The predicted molar refractivity (Wildman–Crippen MR) is 65.0 cm³/mol. The summed E-state index contributed by atoms with van der Waals surface area (Å²) in [5.74, 6) is -1.10. The summed E-state index contributed by atoms with van der Waals surface area (Å²) in [5.41, 5.74) is -0.681. The molecule has 2 N–H and O–H groups in total. The largest absolute Gasteiger partial charge is 0.476 e. The lowest BCUT2D eigenvalue weighted by molar-refractivity contribution is 0.0689. The highest BCUT2D eigenvalue weighted by Gasteiger charge is 2.26. The zero-order chi connectivity index (χ0) is 11.8. The fraction of sp³-hybridized carbons (Fsp3) is 0.286. The van der Waals surface area contributed by atoms with E-state index in [0.29, 0.717) is 0 Å². The summed E-state index contributed by atoms with van der Waals surface area (Å²) in [6.45, 7) is 1.40. The Balaban J connectivity index is 3.50. The molecule has 15 heavy (non-hydrogen) atoms. The van der Waals surface area contributed by atoms with Crippen molar-refractivity contribution in [3.63, 3.8) is 0 Å². The second-order valence-electron chi connectivity index (χ2n) is 2.69. The number of nitrogens with zero attached hydrogens (tertiary/aromatic N) is 1. The van der Waals surface area contributed by atoms with Gasteiger partial charge in [-0.05, 0) is 6.92 Å². The molecule has 0 aliphatic heterocycles. The van der Waals surface area contributed by atoms with E-state index >= 15 is 0 Å². The number of H-pyrrole nitrogens is 1. The molecule has 82 valence electrons. The van der Waals surface area contributed by atoms with Gasteiger partial charge in [0.25, 0.3) is 5.56 Å². The molecule has 0 saturated heterocycles. The Morgan fingerprint density at radius 3 is 2.40 bits per heavy atom. The first-order valence-electron chi connectivity index (χ1n) is 3.65. The van der Waals surface area contributed by atoms with Crippen LogP contribution in [0.25, 0.3) is 0 Å². The van der Waals surface area contributed by atoms with Crippen molar-refractivity contribution in [1.82, 2.24) is 9.97 Å². The van der Waals surface area contributed by atoms with Gasteiger partial charge in [0.15, 0.2) is 7.84 Å². The van der Waals surface area contributed by atoms with Crippen LogP contribution in [-0.2, 0) is 2.14 Å². The molecule has 0 radical (unpaired) electrons. The lowest BCUT2D eigenvalue weighted by Gasteiger charge is -2.11. The van der Waals surface area contributed by atoms with Gasteiger partial charge in [0.05, 0.1) is 0 Å². The number of carboxylic acid groups (broad SMARTS) is 1. The van der Waals surface area contributed by atoms with E-state index in [2.05, 4.69) is 57.8 Å². The molecular formula is C7H5Br3N2O3. The van der Waals surface area contributed by atoms with Crippen LogP contribution in [0.3, 0.4) is 0 Å². The van der Waals surface area contributed by atoms with Crippen LogP contribution >= 0.6 is 47.8 Å². The van der Waals surface area contributed by atoms with Crippen LogP contribution < -0.4 is 5.56 Å². The third kappa shape index (κ3) is 2.88. The Hall–Kier alpha value is -0.210. The number of aromatic amines is 1. The highest BCUT2D eigenvalue weighted by Crippen LogP contribution is 2.41. The van der Waals surface area contributed by atoms with Crippen molar-refractivity contribution in [3.8, 4) is 0 Å². The quantitative estimate of drug-likeness (QED) is 0.702. The smallest absolute Gasteiger partial charge is 0.355 e. The monoisotopic (exact) mass is 402 g/mol. The molecule has 8 heteroatoms. The van der Waals surface area contributed by atoms with Gasteiger partial charge in [-0.15, -0.1) is 0 Å². The first-order valence-corrected chi connectivity index (χ1v) is 6.03. The summed E-state index contributed by atoms with van der Waals surface area (Å²) in [7, 11) is 0. The van der Waals surface area contributed by atoms with E-state index < -0.39 is 13.7 Å². The van der Waals surface area contributed by atoms with E-state index in [1.165, 1.54) is 6.92 Å². The topological polar surface area (TPSA) is 83.0 Å². The van der Waals surface area contributed by atoms with Crippen molar-refractivity contribution in [2.45, 2.75) is 9.07 Å². The second kappa shape index (κ2) is 4.34. The van der Waals surface area contributed by atoms with Gasteiger partial charge < -0.3 is 10.1 Å². The fourth-order valence-electron chi connectivity index (χ4n) is 0.875. The molecule has 0 bridgehead atoms. The SMILES string of the molecule is Cc1c(C(=O)O)nc(C(Br)(Br)Br)[nH]c1=O. The third-order valence-electron chi connectivity index (χ3n) is 1.62. The fourth-order valence-corrected chi connectivity index (χ4v) is 1.44. The number of alkyl halides is 3. The van der Waals surface area contributed by atoms with Crippen LogP contribution in [0, 0.1) is 6.92 Å². The molecule has 0 atom stereocenters. The molecule has 1 aromatic heterocycles. The molecule has 0 saturated carbocycles.